The number of hydrogen-bond acceptors (Lipinski definition) is 0. The van der Waals surface area contributed by atoms with E-state index in [0.29, 0.717) is 0 Å². The number of nitrogens with one attached hydrogen (secondary N) is 1. The molecule has 1 nitrogen and oxygen atoms in total. The van der Waals surface area contributed by atoms with Crippen LogP contribution in [0.5, 0.6) is 0 Å². The lowest BCUT2D eigenvalue weighted by atomic mass is 9.98. The van der Waals surface area contributed by atoms with Crippen molar-refractivity contribution < 1.29 is 17.4 Å². The molecule has 0 radical (unpaired) electrons. The van der Waals surface area contributed by atoms with Gasteiger partial charge in [-0.25, -0.2) is 4.98 Å². The molecule has 0 fully saturated rings. The molecule has 20 heavy (non-hydrogen) atoms. The second-order valence-corrected chi connectivity index (χ2v) is 5.07. The Bertz CT molecular complexity index is 928. The number of aryl methyl sites for hydroxylation is 1. The third-order valence-electron chi connectivity index (χ3n) is 3.85. The van der Waals surface area contributed by atoms with E-state index < -0.39 is 0 Å². The van der Waals surface area contributed by atoms with E-state index in [4.69, 9.17) is 0 Å². The number of aromatic amines is 1. The zero-order valence-electron chi connectivity index (χ0n) is 11.2. The SMILES string of the molecule is Cc1cc[nH+]c2ccc3cc4ccccc4cc3c12.[Cl-]. The molecule has 1 N–H and O–H groups in total. The van der Waals surface area contributed by atoms with Crippen molar-refractivity contribution in [2.24, 2.45) is 0 Å². The maximum absolute atomic E-state index is 3.33. The predicted octanol–water partition coefficient (Wildman–Crippen LogP) is 1.27. The molecule has 4 aromatic rings. The largest absolute Gasteiger partial charge is 1.00 e. The van der Waals surface area contributed by atoms with Crippen molar-refractivity contribution in [3.63, 3.8) is 0 Å². The first kappa shape index (κ1) is 12.9. The van der Waals surface area contributed by atoms with Crippen molar-refractivity contribution in [3.8, 4) is 0 Å². The summed E-state index contributed by atoms with van der Waals surface area (Å²) in [5.41, 5.74) is 2.51. The van der Waals surface area contributed by atoms with Gasteiger partial charge in [-0.3, -0.25) is 0 Å². The molecule has 0 aliphatic carbocycles. The molecule has 2 heteroatoms. The van der Waals surface area contributed by atoms with Crippen LogP contribution in [0.3, 0.4) is 0 Å². The third kappa shape index (κ3) is 1.83. The lowest BCUT2D eigenvalue weighted by Crippen LogP contribution is -3.00. The van der Waals surface area contributed by atoms with Gasteiger partial charge in [0.15, 0.2) is 6.20 Å². The van der Waals surface area contributed by atoms with Crippen LogP contribution < -0.4 is 17.4 Å². The van der Waals surface area contributed by atoms with Crippen LogP contribution in [-0.4, -0.2) is 0 Å². The molecule has 3 aromatic carbocycles. The second-order valence-electron chi connectivity index (χ2n) is 5.07. The van der Waals surface area contributed by atoms with E-state index in [0.717, 1.165) is 0 Å². The molecule has 1 aromatic heterocycles. The molecule has 0 aliphatic rings. The van der Waals surface area contributed by atoms with E-state index >= 15 is 0 Å². The predicted molar refractivity (Wildman–Crippen MR) is 80.3 cm³/mol. The number of H-pyrrole nitrogens is 1. The molecule has 0 amide bonds. The highest BCUT2D eigenvalue weighted by Gasteiger charge is 2.08. The topological polar surface area (TPSA) is 14.1 Å². The summed E-state index contributed by atoms with van der Waals surface area (Å²) in [6.45, 7) is 2.17. The summed E-state index contributed by atoms with van der Waals surface area (Å²) >= 11 is 0. The Morgan fingerprint density at radius 3 is 2.35 bits per heavy atom. The van der Waals surface area contributed by atoms with Gasteiger partial charge < -0.3 is 12.4 Å². The third-order valence-corrected chi connectivity index (χ3v) is 3.85. The lowest BCUT2D eigenvalue weighted by Gasteiger charge is -2.05. The molecule has 0 saturated carbocycles. The van der Waals surface area contributed by atoms with Gasteiger partial charge in [-0.05, 0) is 52.2 Å². The zero-order valence-corrected chi connectivity index (χ0v) is 11.9. The van der Waals surface area contributed by atoms with Gasteiger partial charge >= 0.3 is 0 Å². The maximum atomic E-state index is 3.33. The van der Waals surface area contributed by atoms with Gasteiger partial charge in [-0.2, -0.15) is 0 Å². The summed E-state index contributed by atoms with van der Waals surface area (Å²) in [5.74, 6) is 0. The molecule has 1 heterocycles. The van der Waals surface area contributed by atoms with E-state index in [9.17, 15) is 0 Å². The number of benzene rings is 3. The van der Waals surface area contributed by atoms with E-state index in [1.807, 2.05) is 6.20 Å². The summed E-state index contributed by atoms with van der Waals surface area (Å²) in [7, 11) is 0. The molecule has 0 spiro atoms. The minimum Gasteiger partial charge on any atom is -1.00 e. The summed E-state index contributed by atoms with van der Waals surface area (Å²) in [6.07, 6.45) is 2.00. The Balaban J connectivity index is 0.00000121. The first-order valence-electron chi connectivity index (χ1n) is 6.55. The summed E-state index contributed by atoms with van der Waals surface area (Å²) < 4.78 is 0. The van der Waals surface area contributed by atoms with Crippen LogP contribution in [0, 0.1) is 6.92 Å². The van der Waals surface area contributed by atoms with Crippen molar-refractivity contribution in [2.75, 3.05) is 0 Å². The number of hydrogen-bond donors (Lipinski definition) is 0. The quantitative estimate of drug-likeness (QED) is 0.340. The lowest BCUT2D eigenvalue weighted by molar-refractivity contribution is -0.344. The summed E-state index contributed by atoms with van der Waals surface area (Å²) in [4.78, 5) is 3.33. The van der Waals surface area contributed by atoms with Crippen LogP contribution in [0.1, 0.15) is 5.56 Å². The summed E-state index contributed by atoms with van der Waals surface area (Å²) in [6, 6.07) is 19.6. The fourth-order valence-corrected chi connectivity index (χ4v) is 2.90. The van der Waals surface area contributed by atoms with E-state index in [-0.39, 0.29) is 12.4 Å². The second kappa shape index (κ2) is 4.77. The average molecular weight is 280 g/mol. The fourth-order valence-electron chi connectivity index (χ4n) is 2.90. The number of aromatic nitrogens is 1. The molecular weight excluding hydrogens is 266 g/mol. The van der Waals surface area contributed by atoms with E-state index in [1.54, 1.807) is 0 Å². The molecule has 4 rings (SSSR count). The van der Waals surface area contributed by atoms with Crippen LogP contribution >= 0.6 is 0 Å². The maximum Gasteiger partial charge on any atom is 0.211 e. The average Bonchev–Trinajstić information content (AvgIpc) is 2.45. The van der Waals surface area contributed by atoms with Crippen molar-refractivity contribution in [2.45, 2.75) is 6.92 Å². The number of rotatable bonds is 0. The molecular formula is C18H14ClN. The highest BCUT2D eigenvalue weighted by molar-refractivity contribution is 6.11. The van der Waals surface area contributed by atoms with E-state index in [2.05, 4.69) is 66.5 Å². The van der Waals surface area contributed by atoms with Gasteiger partial charge in [0.05, 0.1) is 5.39 Å². The first-order valence-corrected chi connectivity index (χ1v) is 6.55. The van der Waals surface area contributed by atoms with Gasteiger partial charge in [0.25, 0.3) is 0 Å². The minimum atomic E-state index is 0. The zero-order chi connectivity index (χ0) is 12.8. The van der Waals surface area contributed by atoms with E-state index in [1.165, 1.54) is 38.0 Å². The highest BCUT2D eigenvalue weighted by Crippen LogP contribution is 2.29. The van der Waals surface area contributed by atoms with Gasteiger partial charge in [-0.15, -0.1) is 0 Å². The minimum absolute atomic E-state index is 0. The number of halogens is 1. The fraction of sp³-hybridized carbons (Fsp3) is 0.0556. The van der Waals surface area contributed by atoms with Crippen LogP contribution in [-0.2, 0) is 0 Å². The van der Waals surface area contributed by atoms with Crippen molar-refractivity contribution in [1.82, 2.24) is 0 Å². The monoisotopic (exact) mass is 279 g/mol. The highest BCUT2D eigenvalue weighted by atomic mass is 35.5. The molecule has 0 saturated heterocycles. The van der Waals surface area contributed by atoms with Gasteiger partial charge in [0.1, 0.15) is 0 Å². The Kier molecular flexibility index (Phi) is 3.07. The number of pyridine rings is 1. The Hall–Kier alpha value is -2.12. The number of fused-ring (bicyclic) bond motifs is 4. The van der Waals surface area contributed by atoms with Crippen LogP contribution in [0.25, 0.3) is 32.4 Å². The standard InChI is InChI=1S/C18H13N.ClH/c1-12-8-9-19-17-7-6-15-10-13-4-2-3-5-14(13)11-16(15)18(12)17;/h2-11H,1H3;1H. The van der Waals surface area contributed by atoms with Crippen LogP contribution in [0.15, 0.2) is 60.8 Å². The Morgan fingerprint density at radius 1 is 0.800 bits per heavy atom. The smallest absolute Gasteiger partial charge is 0.211 e. The summed E-state index contributed by atoms with van der Waals surface area (Å²) in [5, 5.41) is 6.54. The molecule has 0 bridgehead atoms. The first-order chi connectivity index (χ1) is 9.33. The normalized spacial score (nSPS) is 10.8. The molecule has 0 aliphatic heterocycles. The van der Waals surface area contributed by atoms with Gasteiger partial charge in [-0.1, -0.05) is 24.3 Å². The molecule has 0 atom stereocenters. The van der Waals surface area contributed by atoms with Crippen molar-refractivity contribution >= 4 is 32.4 Å². The Labute approximate surface area is 123 Å². The van der Waals surface area contributed by atoms with Crippen molar-refractivity contribution in [1.29, 1.82) is 0 Å². The van der Waals surface area contributed by atoms with Crippen LogP contribution in [0.2, 0.25) is 0 Å². The Morgan fingerprint density at radius 2 is 1.55 bits per heavy atom. The van der Waals surface area contributed by atoms with Crippen molar-refractivity contribution in [3.05, 3.63) is 66.4 Å². The molecule has 98 valence electrons. The van der Waals surface area contributed by atoms with Gasteiger partial charge in [0.2, 0.25) is 5.52 Å². The van der Waals surface area contributed by atoms with Crippen LogP contribution in [0.4, 0.5) is 0 Å². The van der Waals surface area contributed by atoms with Gasteiger partial charge in [0, 0.05) is 12.1 Å². The molecule has 0 unspecified atom stereocenters.